The highest BCUT2D eigenvalue weighted by atomic mass is 19.1. The number of amides is 1. The molecule has 31 heavy (non-hydrogen) atoms. The van der Waals surface area contributed by atoms with Crippen molar-refractivity contribution in [3.63, 3.8) is 0 Å². The number of rotatable bonds is 1. The van der Waals surface area contributed by atoms with Crippen molar-refractivity contribution in [2.75, 3.05) is 6.54 Å². The quantitative estimate of drug-likeness (QED) is 0.362. The third kappa shape index (κ3) is 3.06. The number of hydrogen-bond acceptors (Lipinski definition) is 2. The number of carbonyl (C=O) groups excluding carboxylic acids is 1. The summed E-state index contributed by atoms with van der Waals surface area (Å²) < 4.78 is 56.1. The largest absolute Gasteiger partial charge is 0.354 e. The zero-order valence-corrected chi connectivity index (χ0v) is 15.9. The molecule has 0 atom stereocenters. The summed E-state index contributed by atoms with van der Waals surface area (Å²) in [6.07, 6.45) is 0.108. The highest BCUT2D eigenvalue weighted by molar-refractivity contribution is 6.07. The predicted molar refractivity (Wildman–Crippen MR) is 107 cm³/mol. The van der Waals surface area contributed by atoms with Crippen LogP contribution in [-0.2, 0) is 13.0 Å². The van der Waals surface area contributed by atoms with Crippen LogP contribution >= 0.6 is 0 Å². The molecule has 2 heterocycles. The molecular formula is C23H14F4N2O2. The molecule has 5 rings (SSSR count). The molecule has 0 bridgehead atoms. The Bertz CT molecular complexity index is 1460. The van der Waals surface area contributed by atoms with Crippen molar-refractivity contribution >= 4 is 27.7 Å². The standard InChI is InChI=1S/C23H14F4N2O2/c24-11-1-4-20-14(7-11)22(30)15-8-12(25)9-16(21(15)28-20)23(31)29-6-5-13-17(10-29)19(27)3-2-18(13)26/h1-4,7-9H,5-6,10H2,(H,28,30). The summed E-state index contributed by atoms with van der Waals surface area (Å²) in [5.41, 5.74) is -0.0468. The number of aromatic amines is 1. The second kappa shape index (κ2) is 6.94. The monoisotopic (exact) mass is 426 g/mol. The van der Waals surface area contributed by atoms with Crippen LogP contribution in [-0.4, -0.2) is 22.3 Å². The van der Waals surface area contributed by atoms with Crippen molar-refractivity contribution < 1.29 is 22.4 Å². The van der Waals surface area contributed by atoms with Crippen molar-refractivity contribution in [1.82, 2.24) is 9.88 Å². The molecular weight excluding hydrogens is 412 g/mol. The van der Waals surface area contributed by atoms with Crippen LogP contribution in [0.5, 0.6) is 0 Å². The van der Waals surface area contributed by atoms with E-state index in [-0.39, 0.29) is 58.0 Å². The van der Waals surface area contributed by atoms with Crippen LogP contribution in [0.1, 0.15) is 21.5 Å². The van der Waals surface area contributed by atoms with Crippen LogP contribution in [0, 0.1) is 23.3 Å². The van der Waals surface area contributed by atoms with Gasteiger partial charge in [-0.1, -0.05) is 0 Å². The van der Waals surface area contributed by atoms with Crippen LogP contribution < -0.4 is 5.43 Å². The van der Waals surface area contributed by atoms with E-state index in [0.29, 0.717) is 0 Å². The average Bonchev–Trinajstić information content (AvgIpc) is 2.76. The molecule has 0 radical (unpaired) electrons. The molecule has 0 unspecified atom stereocenters. The summed E-state index contributed by atoms with van der Waals surface area (Å²) in [6.45, 7) is -0.0774. The second-order valence-electron chi connectivity index (χ2n) is 7.48. The zero-order chi connectivity index (χ0) is 21.9. The van der Waals surface area contributed by atoms with Crippen LogP contribution in [0.25, 0.3) is 21.8 Å². The van der Waals surface area contributed by atoms with E-state index in [1.165, 1.54) is 11.0 Å². The first-order valence-electron chi connectivity index (χ1n) is 9.53. The maximum atomic E-state index is 14.3. The Morgan fingerprint density at radius 3 is 2.35 bits per heavy atom. The topological polar surface area (TPSA) is 53.2 Å². The van der Waals surface area contributed by atoms with Gasteiger partial charge in [0.2, 0.25) is 0 Å². The Labute approximate surface area is 172 Å². The fraction of sp³-hybridized carbons (Fsp3) is 0.130. The van der Waals surface area contributed by atoms with Gasteiger partial charge in [0, 0.05) is 34.9 Å². The molecule has 1 amide bonds. The maximum absolute atomic E-state index is 14.3. The number of hydrogen-bond donors (Lipinski definition) is 1. The number of halogens is 4. The second-order valence-corrected chi connectivity index (χ2v) is 7.48. The van der Waals surface area contributed by atoms with Gasteiger partial charge in [-0.2, -0.15) is 0 Å². The van der Waals surface area contributed by atoms with Crippen molar-refractivity contribution in [3.05, 3.63) is 92.6 Å². The summed E-state index contributed by atoms with van der Waals surface area (Å²) in [5, 5.41) is -0.0722. The van der Waals surface area contributed by atoms with E-state index < -0.39 is 34.6 Å². The summed E-state index contributed by atoms with van der Waals surface area (Å²) >= 11 is 0. The minimum Gasteiger partial charge on any atom is -0.354 e. The van der Waals surface area contributed by atoms with Gasteiger partial charge in [-0.25, -0.2) is 17.6 Å². The van der Waals surface area contributed by atoms with Gasteiger partial charge in [0.25, 0.3) is 5.91 Å². The molecule has 3 aromatic carbocycles. The molecule has 1 aliphatic rings. The third-order valence-electron chi connectivity index (χ3n) is 5.65. The average molecular weight is 426 g/mol. The lowest BCUT2D eigenvalue weighted by molar-refractivity contribution is 0.0732. The Morgan fingerprint density at radius 1 is 0.871 bits per heavy atom. The molecule has 1 N–H and O–H groups in total. The smallest absolute Gasteiger partial charge is 0.256 e. The summed E-state index contributed by atoms with van der Waals surface area (Å²) in [4.78, 5) is 30.3. The van der Waals surface area contributed by atoms with Gasteiger partial charge in [-0.15, -0.1) is 0 Å². The van der Waals surface area contributed by atoms with Gasteiger partial charge in [-0.05, 0) is 54.4 Å². The number of fused-ring (bicyclic) bond motifs is 3. The molecule has 8 heteroatoms. The Kier molecular flexibility index (Phi) is 4.32. The van der Waals surface area contributed by atoms with Gasteiger partial charge in [0.05, 0.1) is 11.1 Å². The van der Waals surface area contributed by atoms with Gasteiger partial charge in [0.15, 0.2) is 5.43 Å². The highest BCUT2D eigenvalue weighted by Crippen LogP contribution is 2.27. The zero-order valence-electron chi connectivity index (χ0n) is 15.9. The van der Waals surface area contributed by atoms with E-state index in [0.717, 1.165) is 36.4 Å². The van der Waals surface area contributed by atoms with Crippen molar-refractivity contribution in [3.8, 4) is 0 Å². The Morgan fingerprint density at radius 2 is 1.58 bits per heavy atom. The SMILES string of the molecule is O=C(c1cc(F)cc2c(=O)c3cc(F)ccc3[nH]c12)N1CCc2c(F)ccc(F)c2C1. The molecule has 4 aromatic rings. The van der Waals surface area contributed by atoms with Crippen molar-refractivity contribution in [2.24, 2.45) is 0 Å². The van der Waals surface area contributed by atoms with E-state index in [1.807, 2.05) is 0 Å². The lowest BCUT2D eigenvalue weighted by Crippen LogP contribution is -2.37. The molecule has 0 fully saturated rings. The maximum Gasteiger partial charge on any atom is 0.256 e. The summed E-state index contributed by atoms with van der Waals surface area (Å²) in [5.74, 6) is -3.23. The van der Waals surface area contributed by atoms with Gasteiger partial charge >= 0.3 is 0 Å². The first-order chi connectivity index (χ1) is 14.8. The van der Waals surface area contributed by atoms with Gasteiger partial charge in [-0.3, -0.25) is 9.59 Å². The Balaban J connectivity index is 1.65. The first-order valence-corrected chi connectivity index (χ1v) is 9.53. The fourth-order valence-electron chi connectivity index (χ4n) is 4.12. The van der Waals surface area contributed by atoms with E-state index in [1.54, 1.807) is 0 Å². The molecule has 1 aliphatic heterocycles. The lowest BCUT2D eigenvalue weighted by atomic mass is 9.97. The van der Waals surface area contributed by atoms with Crippen LogP contribution in [0.3, 0.4) is 0 Å². The molecule has 156 valence electrons. The predicted octanol–water partition coefficient (Wildman–Crippen LogP) is 4.44. The number of aromatic nitrogens is 1. The number of pyridine rings is 1. The Hall–Kier alpha value is -3.68. The normalized spacial score (nSPS) is 13.6. The van der Waals surface area contributed by atoms with Crippen LogP contribution in [0.2, 0.25) is 0 Å². The van der Waals surface area contributed by atoms with Gasteiger partial charge < -0.3 is 9.88 Å². The van der Waals surface area contributed by atoms with Crippen LogP contribution in [0.15, 0.2) is 47.3 Å². The molecule has 0 saturated heterocycles. The first kappa shape index (κ1) is 19.3. The molecule has 0 saturated carbocycles. The van der Waals surface area contributed by atoms with E-state index in [9.17, 15) is 27.2 Å². The fourth-order valence-corrected chi connectivity index (χ4v) is 4.12. The number of nitrogens with zero attached hydrogens (tertiary/aromatic N) is 1. The third-order valence-corrected chi connectivity index (χ3v) is 5.65. The number of nitrogens with one attached hydrogen (secondary N) is 1. The molecule has 0 aliphatic carbocycles. The van der Waals surface area contributed by atoms with E-state index >= 15 is 0 Å². The highest BCUT2D eigenvalue weighted by Gasteiger charge is 2.28. The lowest BCUT2D eigenvalue weighted by Gasteiger charge is -2.29. The molecule has 4 nitrogen and oxygen atoms in total. The van der Waals surface area contributed by atoms with Crippen LogP contribution in [0.4, 0.5) is 17.6 Å². The summed E-state index contributed by atoms with van der Waals surface area (Å²) in [6, 6.07) is 7.58. The van der Waals surface area contributed by atoms with E-state index in [4.69, 9.17) is 0 Å². The van der Waals surface area contributed by atoms with Crippen molar-refractivity contribution in [2.45, 2.75) is 13.0 Å². The van der Waals surface area contributed by atoms with Crippen molar-refractivity contribution in [1.29, 1.82) is 0 Å². The summed E-state index contributed by atoms with van der Waals surface area (Å²) in [7, 11) is 0. The molecule has 0 spiro atoms. The minimum atomic E-state index is -0.813. The molecule has 1 aromatic heterocycles. The van der Waals surface area contributed by atoms with E-state index in [2.05, 4.69) is 4.98 Å². The number of H-pyrrole nitrogens is 1. The minimum absolute atomic E-state index is 0.0287. The van der Waals surface area contributed by atoms with Gasteiger partial charge in [0.1, 0.15) is 23.3 Å². The number of carbonyl (C=O) groups is 1. The number of benzene rings is 3.